The number of carbonyl (C=O) groups excluding carboxylic acids is 2. The number of sulfonamides is 2. The number of nitrogens with two attached hydrogens (primary N) is 4. The molecule has 19 heteroatoms. The molecule has 0 unspecified atom stereocenters. The summed E-state index contributed by atoms with van der Waals surface area (Å²) in [6, 6.07) is 5.41. The molecule has 180 valence electrons. The van der Waals surface area contributed by atoms with Crippen LogP contribution in [0.3, 0.4) is 0 Å². The van der Waals surface area contributed by atoms with Gasteiger partial charge in [0.15, 0.2) is 0 Å². The highest BCUT2D eigenvalue weighted by Crippen LogP contribution is 2.34. The standard InChI is InChI=1S/C14H18N8O8S3/c15-19-13(23)7-3-1-5-9(11(7)32(27,28)21-17)31(25,26)10-6-2-4-8(14(24)20-16)12(10)33(29,30)22-18/h1-6,21-22H,15-18H2,(H,19,23)(H,20,24). The Labute approximate surface area is 187 Å². The minimum atomic E-state index is -5.11. The van der Waals surface area contributed by atoms with Gasteiger partial charge in [-0.25, -0.2) is 36.9 Å². The van der Waals surface area contributed by atoms with Gasteiger partial charge in [-0.05, 0) is 24.3 Å². The first-order valence-electron chi connectivity index (χ1n) is 8.28. The number of hydrazine groups is 4. The Kier molecular flexibility index (Phi) is 7.53. The number of rotatable bonds is 8. The van der Waals surface area contributed by atoms with Gasteiger partial charge in [0.05, 0.1) is 20.9 Å². The van der Waals surface area contributed by atoms with E-state index >= 15 is 0 Å². The second-order valence-corrected chi connectivity index (χ2v) is 11.1. The molecule has 0 aliphatic rings. The molecule has 2 aromatic carbocycles. The van der Waals surface area contributed by atoms with Crippen LogP contribution in [0.4, 0.5) is 0 Å². The molecule has 0 heterocycles. The average Bonchev–Trinajstić information content (AvgIpc) is 2.81. The summed E-state index contributed by atoms with van der Waals surface area (Å²) in [5.74, 6) is 17.7. The van der Waals surface area contributed by atoms with E-state index in [1.807, 2.05) is 0 Å². The van der Waals surface area contributed by atoms with Gasteiger partial charge >= 0.3 is 0 Å². The van der Waals surface area contributed by atoms with Crippen LogP contribution in [-0.4, -0.2) is 37.1 Å². The van der Waals surface area contributed by atoms with Crippen molar-refractivity contribution >= 4 is 41.7 Å². The fraction of sp³-hybridized carbons (Fsp3) is 0. The maximum Gasteiger partial charge on any atom is 0.266 e. The Morgan fingerprint density at radius 3 is 1.21 bits per heavy atom. The lowest BCUT2D eigenvalue weighted by molar-refractivity contribution is 0.0942. The number of amides is 2. The lowest BCUT2D eigenvalue weighted by Gasteiger charge is -2.17. The fourth-order valence-electron chi connectivity index (χ4n) is 2.76. The van der Waals surface area contributed by atoms with Crippen molar-refractivity contribution in [2.75, 3.05) is 0 Å². The van der Waals surface area contributed by atoms with Gasteiger partial charge in [0.25, 0.3) is 31.9 Å². The fourth-order valence-corrected chi connectivity index (χ4v) is 7.34. The van der Waals surface area contributed by atoms with Crippen molar-refractivity contribution in [1.29, 1.82) is 0 Å². The summed E-state index contributed by atoms with van der Waals surface area (Å²) >= 11 is 0. The van der Waals surface area contributed by atoms with Gasteiger partial charge in [-0.2, -0.15) is 0 Å². The number of benzene rings is 2. The highest BCUT2D eigenvalue weighted by Gasteiger charge is 2.37. The van der Waals surface area contributed by atoms with Crippen LogP contribution in [0.15, 0.2) is 56.0 Å². The van der Waals surface area contributed by atoms with Gasteiger partial charge in [-0.1, -0.05) is 12.1 Å². The molecule has 0 aromatic heterocycles. The molecule has 0 radical (unpaired) electrons. The number of hydrogen-bond donors (Lipinski definition) is 8. The summed E-state index contributed by atoms with van der Waals surface area (Å²) in [7, 11) is -14.8. The summed E-state index contributed by atoms with van der Waals surface area (Å²) in [5, 5.41) is 0. The molecule has 0 atom stereocenters. The zero-order valence-electron chi connectivity index (χ0n) is 16.3. The van der Waals surface area contributed by atoms with Gasteiger partial charge in [-0.15, -0.1) is 9.66 Å². The minimum absolute atomic E-state index is 0.728. The van der Waals surface area contributed by atoms with Crippen molar-refractivity contribution in [2.45, 2.75) is 19.6 Å². The van der Waals surface area contributed by atoms with Gasteiger partial charge in [0.2, 0.25) is 9.84 Å². The predicted molar refractivity (Wildman–Crippen MR) is 111 cm³/mol. The van der Waals surface area contributed by atoms with E-state index in [0.717, 1.165) is 36.4 Å². The van der Waals surface area contributed by atoms with Crippen LogP contribution >= 0.6 is 0 Å². The van der Waals surface area contributed by atoms with Crippen LogP contribution in [0.1, 0.15) is 20.7 Å². The van der Waals surface area contributed by atoms with E-state index in [0.29, 0.717) is 0 Å². The molecule has 12 N–H and O–H groups in total. The van der Waals surface area contributed by atoms with Crippen LogP contribution in [0.25, 0.3) is 0 Å². The summed E-state index contributed by atoms with van der Waals surface area (Å²) in [6.07, 6.45) is 0. The van der Waals surface area contributed by atoms with Crippen LogP contribution < -0.4 is 43.9 Å². The molecular formula is C14H18N8O8S3. The van der Waals surface area contributed by atoms with Crippen molar-refractivity contribution in [2.24, 2.45) is 23.4 Å². The van der Waals surface area contributed by atoms with Crippen LogP contribution in [-0.2, 0) is 29.9 Å². The average molecular weight is 523 g/mol. The minimum Gasteiger partial charge on any atom is -0.290 e. The molecule has 0 fully saturated rings. The predicted octanol–water partition coefficient (Wildman–Crippen LogP) is -3.97. The number of carbonyl (C=O) groups is 2. The SMILES string of the molecule is NNC(=O)c1cccc(S(=O)(=O)c2cccc(C(=O)NN)c2S(=O)(=O)NN)c1S(=O)(=O)NN. The molecular weight excluding hydrogens is 504 g/mol. The lowest BCUT2D eigenvalue weighted by atomic mass is 10.2. The molecule has 0 aliphatic carbocycles. The topological polar surface area (TPSA) is 289 Å². The van der Waals surface area contributed by atoms with Gasteiger partial charge < -0.3 is 0 Å². The Morgan fingerprint density at radius 2 is 0.939 bits per heavy atom. The normalized spacial score (nSPS) is 12.2. The molecule has 0 saturated heterocycles. The summed E-state index contributed by atoms with van der Waals surface area (Å²) in [4.78, 5) is 22.6. The number of nitrogen functional groups attached to an aromatic ring is 2. The highest BCUT2D eigenvalue weighted by atomic mass is 32.2. The molecule has 0 bridgehead atoms. The van der Waals surface area contributed by atoms with E-state index in [-0.39, 0.29) is 0 Å². The number of sulfone groups is 1. The van der Waals surface area contributed by atoms with E-state index in [4.69, 9.17) is 23.4 Å². The van der Waals surface area contributed by atoms with Crippen molar-refractivity contribution in [1.82, 2.24) is 20.5 Å². The third-order valence-corrected chi connectivity index (χ3v) is 8.81. The van der Waals surface area contributed by atoms with Gasteiger partial charge in [-0.3, -0.25) is 32.1 Å². The second-order valence-electron chi connectivity index (χ2n) is 5.96. The smallest absolute Gasteiger partial charge is 0.266 e. The molecule has 2 rings (SSSR count). The Bertz CT molecular complexity index is 1340. The highest BCUT2D eigenvalue weighted by molar-refractivity contribution is 7.95. The van der Waals surface area contributed by atoms with Crippen molar-refractivity contribution in [3.63, 3.8) is 0 Å². The number of hydrogen-bond acceptors (Lipinski definition) is 12. The van der Waals surface area contributed by atoms with E-state index in [9.17, 15) is 34.8 Å². The maximum absolute atomic E-state index is 13.5. The molecule has 16 nitrogen and oxygen atoms in total. The molecule has 33 heavy (non-hydrogen) atoms. The van der Waals surface area contributed by atoms with E-state index < -0.39 is 72.4 Å². The van der Waals surface area contributed by atoms with E-state index in [1.165, 1.54) is 9.66 Å². The van der Waals surface area contributed by atoms with E-state index in [1.54, 1.807) is 10.9 Å². The molecule has 0 saturated carbocycles. The van der Waals surface area contributed by atoms with Crippen molar-refractivity contribution in [3.8, 4) is 0 Å². The Hall–Kier alpha value is -3.01. The first-order valence-corrected chi connectivity index (χ1v) is 12.7. The number of nitrogens with one attached hydrogen (secondary N) is 4. The Morgan fingerprint density at radius 1 is 0.606 bits per heavy atom. The first kappa shape index (κ1) is 26.2. The van der Waals surface area contributed by atoms with Gasteiger partial charge in [0.1, 0.15) is 9.79 Å². The maximum atomic E-state index is 13.5. The summed E-state index contributed by atoms with van der Waals surface area (Å²) in [5.41, 5.74) is 1.86. The first-order chi connectivity index (χ1) is 15.3. The zero-order valence-corrected chi connectivity index (χ0v) is 18.7. The largest absolute Gasteiger partial charge is 0.290 e. The third-order valence-electron chi connectivity index (χ3n) is 4.14. The van der Waals surface area contributed by atoms with Crippen molar-refractivity contribution in [3.05, 3.63) is 47.5 Å². The monoisotopic (exact) mass is 522 g/mol. The van der Waals surface area contributed by atoms with Crippen LogP contribution in [0.2, 0.25) is 0 Å². The third kappa shape index (κ3) is 4.71. The Balaban J connectivity index is 3.10. The van der Waals surface area contributed by atoms with Gasteiger partial charge in [0, 0.05) is 0 Å². The molecule has 2 aromatic rings. The quantitative estimate of drug-likeness (QED) is 0.0935. The second kappa shape index (κ2) is 9.46. The van der Waals surface area contributed by atoms with E-state index in [2.05, 4.69) is 0 Å². The lowest BCUT2D eigenvalue weighted by Crippen LogP contribution is -2.37. The van der Waals surface area contributed by atoms with Crippen LogP contribution in [0.5, 0.6) is 0 Å². The molecule has 2 amide bonds. The zero-order chi connectivity index (χ0) is 25.2. The molecule has 0 aliphatic heterocycles. The summed E-state index contributed by atoms with van der Waals surface area (Å²) < 4.78 is 77.3. The van der Waals surface area contributed by atoms with Crippen molar-refractivity contribution < 1.29 is 34.8 Å². The summed E-state index contributed by atoms with van der Waals surface area (Å²) in [6.45, 7) is 0. The van der Waals surface area contributed by atoms with Crippen LogP contribution in [0, 0.1) is 0 Å². The molecule has 0 spiro atoms.